The zero-order valence-corrected chi connectivity index (χ0v) is 12.4. The van der Waals surface area contributed by atoms with Crippen LogP contribution in [0, 0.1) is 11.8 Å². The molecule has 0 spiro atoms. The van der Waals surface area contributed by atoms with Crippen LogP contribution in [0.3, 0.4) is 0 Å². The van der Waals surface area contributed by atoms with Crippen molar-refractivity contribution >= 4 is 16.8 Å². The fraction of sp³-hybridized carbons (Fsp3) is 0.471. The summed E-state index contributed by atoms with van der Waals surface area (Å²) in [4.78, 5) is 15.3. The Hall–Kier alpha value is -1.81. The Morgan fingerprint density at radius 2 is 2.19 bits per heavy atom. The second-order valence-electron chi connectivity index (χ2n) is 6.23. The Balaban J connectivity index is 1.57. The van der Waals surface area contributed by atoms with Crippen LogP contribution < -0.4 is 11.1 Å². The summed E-state index contributed by atoms with van der Waals surface area (Å²) >= 11 is 0. The number of hydrogen-bond acceptors (Lipinski definition) is 2. The first-order valence-electron chi connectivity index (χ1n) is 7.73. The van der Waals surface area contributed by atoms with Gasteiger partial charge in [0.2, 0.25) is 5.91 Å². The third-order valence-corrected chi connectivity index (χ3v) is 4.48. The molecule has 1 saturated carbocycles. The molecule has 4 nitrogen and oxygen atoms in total. The highest BCUT2D eigenvalue weighted by atomic mass is 16.2. The number of hydrogen-bond donors (Lipinski definition) is 3. The number of amides is 1. The van der Waals surface area contributed by atoms with Gasteiger partial charge >= 0.3 is 0 Å². The first kappa shape index (κ1) is 14.1. The minimum Gasteiger partial charge on any atom is -0.361 e. The summed E-state index contributed by atoms with van der Waals surface area (Å²) in [5.74, 6) is 1.32. The molecule has 112 valence electrons. The van der Waals surface area contributed by atoms with Crippen LogP contribution in [0.2, 0.25) is 0 Å². The van der Waals surface area contributed by atoms with E-state index in [0.717, 1.165) is 28.9 Å². The Morgan fingerprint density at radius 1 is 1.43 bits per heavy atom. The average molecular weight is 285 g/mol. The van der Waals surface area contributed by atoms with E-state index in [-0.39, 0.29) is 5.91 Å². The molecule has 4 N–H and O–H groups in total. The number of benzene rings is 1. The first-order chi connectivity index (χ1) is 10.1. The van der Waals surface area contributed by atoms with Gasteiger partial charge in [-0.2, -0.15) is 0 Å². The van der Waals surface area contributed by atoms with Gasteiger partial charge in [0.25, 0.3) is 0 Å². The van der Waals surface area contributed by atoms with Gasteiger partial charge in [0.1, 0.15) is 0 Å². The molecule has 1 heterocycles. The van der Waals surface area contributed by atoms with E-state index in [1.807, 2.05) is 24.4 Å². The largest absolute Gasteiger partial charge is 0.361 e. The second kappa shape index (κ2) is 5.90. The third kappa shape index (κ3) is 3.27. The molecule has 1 aromatic heterocycles. The van der Waals surface area contributed by atoms with Crippen molar-refractivity contribution in [1.29, 1.82) is 0 Å². The molecule has 0 bridgehead atoms. The van der Waals surface area contributed by atoms with Crippen LogP contribution in [-0.4, -0.2) is 23.5 Å². The standard InChI is InChI=1S/C17H23N3O/c1-11(12-6-7-12)9-20-17(21)15(18)8-13-10-19-16-5-3-2-4-14(13)16/h2-5,10-12,15,19H,6-9,18H2,1H3,(H,20,21)/t11?,15-/m0/s1. The van der Waals surface area contributed by atoms with Crippen molar-refractivity contribution in [3.05, 3.63) is 36.0 Å². The van der Waals surface area contributed by atoms with Crippen LogP contribution in [0.1, 0.15) is 25.3 Å². The number of H-pyrrole nitrogens is 1. The summed E-state index contributed by atoms with van der Waals surface area (Å²) < 4.78 is 0. The molecule has 4 heteroatoms. The van der Waals surface area contributed by atoms with E-state index in [1.165, 1.54) is 12.8 Å². The summed E-state index contributed by atoms with van der Waals surface area (Å²) in [5, 5.41) is 4.14. The molecule has 1 aliphatic rings. The molecule has 0 saturated heterocycles. The Bertz CT molecular complexity index is 630. The normalized spacial score (nSPS) is 17.6. The van der Waals surface area contributed by atoms with Gasteiger partial charge in [-0.15, -0.1) is 0 Å². The molecule has 1 aromatic carbocycles. The summed E-state index contributed by atoms with van der Waals surface area (Å²) in [5.41, 5.74) is 8.24. The number of carbonyl (C=O) groups excluding carboxylic acids is 1. The lowest BCUT2D eigenvalue weighted by atomic mass is 10.0. The Kier molecular flexibility index (Phi) is 3.97. The number of rotatable bonds is 6. The molecular weight excluding hydrogens is 262 g/mol. The quantitative estimate of drug-likeness (QED) is 0.761. The number of fused-ring (bicyclic) bond motifs is 1. The maximum atomic E-state index is 12.1. The van der Waals surface area contributed by atoms with Crippen molar-refractivity contribution in [1.82, 2.24) is 10.3 Å². The van der Waals surface area contributed by atoms with Crippen LogP contribution in [0.25, 0.3) is 10.9 Å². The summed E-state index contributed by atoms with van der Waals surface area (Å²) in [6.07, 6.45) is 5.12. The van der Waals surface area contributed by atoms with Crippen LogP contribution in [-0.2, 0) is 11.2 Å². The van der Waals surface area contributed by atoms with Crippen LogP contribution >= 0.6 is 0 Å². The van der Waals surface area contributed by atoms with E-state index in [2.05, 4.69) is 23.3 Å². The molecule has 1 aliphatic carbocycles. The minimum absolute atomic E-state index is 0.0484. The lowest BCUT2D eigenvalue weighted by molar-refractivity contribution is -0.122. The van der Waals surface area contributed by atoms with E-state index in [0.29, 0.717) is 12.3 Å². The van der Waals surface area contributed by atoms with E-state index < -0.39 is 6.04 Å². The minimum atomic E-state index is -0.490. The Labute approximate surface area is 125 Å². The molecule has 21 heavy (non-hydrogen) atoms. The highest BCUT2D eigenvalue weighted by Crippen LogP contribution is 2.36. The highest BCUT2D eigenvalue weighted by Gasteiger charge is 2.28. The first-order valence-corrected chi connectivity index (χ1v) is 7.73. The highest BCUT2D eigenvalue weighted by molar-refractivity contribution is 5.86. The average Bonchev–Trinajstić information content (AvgIpc) is 3.27. The van der Waals surface area contributed by atoms with Gasteiger partial charge in [-0.1, -0.05) is 25.1 Å². The van der Waals surface area contributed by atoms with E-state index >= 15 is 0 Å². The summed E-state index contributed by atoms with van der Waals surface area (Å²) in [6.45, 7) is 2.94. The van der Waals surface area contributed by atoms with Crippen molar-refractivity contribution in [3.63, 3.8) is 0 Å². The molecule has 2 aromatic rings. The van der Waals surface area contributed by atoms with Gasteiger partial charge in [0.05, 0.1) is 6.04 Å². The predicted molar refractivity (Wildman–Crippen MR) is 84.9 cm³/mol. The smallest absolute Gasteiger partial charge is 0.237 e. The number of nitrogens with one attached hydrogen (secondary N) is 2. The summed E-state index contributed by atoms with van der Waals surface area (Å²) in [7, 11) is 0. The van der Waals surface area contributed by atoms with E-state index in [9.17, 15) is 4.79 Å². The van der Waals surface area contributed by atoms with Gasteiger partial charge in [-0.25, -0.2) is 0 Å². The Morgan fingerprint density at radius 3 is 2.95 bits per heavy atom. The van der Waals surface area contributed by atoms with Gasteiger partial charge in [0, 0.05) is 23.6 Å². The number of aromatic amines is 1. The fourth-order valence-corrected chi connectivity index (χ4v) is 2.85. The number of nitrogens with two attached hydrogens (primary N) is 1. The second-order valence-corrected chi connectivity index (χ2v) is 6.23. The molecule has 2 atom stereocenters. The topological polar surface area (TPSA) is 70.9 Å². The zero-order chi connectivity index (χ0) is 14.8. The lowest BCUT2D eigenvalue weighted by Crippen LogP contribution is -2.43. The molecule has 0 radical (unpaired) electrons. The van der Waals surface area contributed by atoms with Crippen LogP contribution in [0.15, 0.2) is 30.5 Å². The number of para-hydroxylation sites is 1. The van der Waals surface area contributed by atoms with Gasteiger partial charge in [0.15, 0.2) is 0 Å². The lowest BCUT2D eigenvalue weighted by Gasteiger charge is -2.15. The SMILES string of the molecule is CC(CNC(=O)[C@@H](N)Cc1c[nH]c2ccccc12)C1CC1. The van der Waals surface area contributed by atoms with E-state index in [4.69, 9.17) is 5.73 Å². The maximum Gasteiger partial charge on any atom is 0.237 e. The maximum absolute atomic E-state index is 12.1. The monoisotopic (exact) mass is 285 g/mol. The van der Waals surface area contributed by atoms with Crippen molar-refractivity contribution < 1.29 is 4.79 Å². The van der Waals surface area contributed by atoms with Crippen LogP contribution in [0.5, 0.6) is 0 Å². The van der Waals surface area contributed by atoms with E-state index in [1.54, 1.807) is 0 Å². The molecule has 1 unspecified atom stereocenters. The number of aromatic nitrogens is 1. The number of carbonyl (C=O) groups is 1. The van der Waals surface area contributed by atoms with Gasteiger partial charge in [-0.05, 0) is 42.7 Å². The summed E-state index contributed by atoms with van der Waals surface area (Å²) in [6, 6.07) is 7.59. The van der Waals surface area contributed by atoms with Crippen molar-refractivity contribution in [2.75, 3.05) is 6.54 Å². The molecule has 1 fully saturated rings. The predicted octanol–water partition coefficient (Wildman–Crippen LogP) is 2.20. The van der Waals surface area contributed by atoms with Crippen molar-refractivity contribution in [2.45, 2.75) is 32.2 Å². The van der Waals surface area contributed by atoms with Gasteiger partial charge < -0.3 is 16.0 Å². The van der Waals surface area contributed by atoms with Crippen LogP contribution in [0.4, 0.5) is 0 Å². The van der Waals surface area contributed by atoms with Gasteiger partial charge in [-0.3, -0.25) is 4.79 Å². The van der Waals surface area contributed by atoms with Crippen molar-refractivity contribution in [3.8, 4) is 0 Å². The molecule has 3 rings (SSSR count). The zero-order valence-electron chi connectivity index (χ0n) is 12.4. The fourth-order valence-electron chi connectivity index (χ4n) is 2.85. The third-order valence-electron chi connectivity index (χ3n) is 4.48. The molecule has 1 amide bonds. The van der Waals surface area contributed by atoms with Crippen molar-refractivity contribution in [2.24, 2.45) is 17.6 Å². The molecular formula is C17H23N3O. The molecule has 0 aliphatic heterocycles.